The van der Waals surface area contributed by atoms with Crippen molar-refractivity contribution < 1.29 is 9.53 Å². The summed E-state index contributed by atoms with van der Waals surface area (Å²) in [5.74, 6) is 1.77. The van der Waals surface area contributed by atoms with Gasteiger partial charge in [-0.05, 0) is 0 Å². The quantitative estimate of drug-likeness (QED) is 0.643. The van der Waals surface area contributed by atoms with Crippen molar-refractivity contribution in [2.45, 2.75) is 0 Å². The standard InChI is InChI=1S/C7H5ClN2O2/c1-12-7-6(8)9-4-5(10-7)2-3-11/h2,4H,1H3. The average Bonchev–Trinajstić information content (AvgIpc) is 2.09. The van der Waals surface area contributed by atoms with Crippen molar-refractivity contribution in [3.05, 3.63) is 17.0 Å². The first kappa shape index (κ1) is 8.71. The van der Waals surface area contributed by atoms with Gasteiger partial charge in [0.05, 0.1) is 19.0 Å². The lowest BCUT2D eigenvalue weighted by atomic mass is 10.4. The number of halogens is 1. The van der Waals surface area contributed by atoms with E-state index in [4.69, 9.17) is 16.3 Å². The molecule has 0 aliphatic rings. The lowest BCUT2D eigenvalue weighted by Gasteiger charge is -1.99. The van der Waals surface area contributed by atoms with Crippen LogP contribution in [0.1, 0.15) is 5.69 Å². The minimum absolute atomic E-state index is 0.167. The summed E-state index contributed by atoms with van der Waals surface area (Å²) < 4.78 is 4.78. The van der Waals surface area contributed by atoms with Crippen LogP contribution in [-0.2, 0) is 4.79 Å². The molecule has 0 radical (unpaired) electrons. The molecule has 12 heavy (non-hydrogen) atoms. The molecule has 0 fully saturated rings. The summed E-state index contributed by atoms with van der Waals surface area (Å²) in [6.07, 6.45) is 2.50. The normalized spacial score (nSPS) is 8.83. The Morgan fingerprint density at radius 3 is 3.08 bits per heavy atom. The average molecular weight is 185 g/mol. The molecule has 0 unspecified atom stereocenters. The number of methoxy groups -OCH3 is 1. The Hall–Kier alpha value is -1.38. The fourth-order valence-corrected chi connectivity index (χ4v) is 0.798. The lowest BCUT2D eigenvalue weighted by molar-refractivity contribution is 0.395. The van der Waals surface area contributed by atoms with E-state index in [0.29, 0.717) is 5.69 Å². The number of carbonyl (C=O) groups excluding carboxylic acids is 1. The van der Waals surface area contributed by atoms with E-state index < -0.39 is 0 Å². The summed E-state index contributed by atoms with van der Waals surface area (Å²) in [4.78, 5) is 17.5. The van der Waals surface area contributed by atoms with Crippen LogP contribution >= 0.6 is 11.6 Å². The van der Waals surface area contributed by atoms with Crippen LogP contribution in [0.4, 0.5) is 0 Å². The van der Waals surface area contributed by atoms with Crippen molar-refractivity contribution in [2.24, 2.45) is 0 Å². The topological polar surface area (TPSA) is 52.1 Å². The number of rotatable bonds is 2. The van der Waals surface area contributed by atoms with Gasteiger partial charge < -0.3 is 4.74 Å². The van der Waals surface area contributed by atoms with Crippen molar-refractivity contribution in [3.63, 3.8) is 0 Å². The summed E-state index contributed by atoms with van der Waals surface area (Å²) in [5.41, 5.74) is 0.367. The Morgan fingerprint density at radius 2 is 2.50 bits per heavy atom. The van der Waals surface area contributed by atoms with Crippen molar-refractivity contribution >= 4 is 23.6 Å². The van der Waals surface area contributed by atoms with Crippen molar-refractivity contribution in [3.8, 4) is 5.88 Å². The van der Waals surface area contributed by atoms with E-state index in [0.717, 1.165) is 6.08 Å². The smallest absolute Gasteiger partial charge is 0.252 e. The largest absolute Gasteiger partial charge is 0.479 e. The van der Waals surface area contributed by atoms with Gasteiger partial charge in [-0.25, -0.2) is 14.8 Å². The number of hydrogen-bond donors (Lipinski definition) is 0. The van der Waals surface area contributed by atoms with Gasteiger partial charge in [-0.1, -0.05) is 11.6 Å². The Kier molecular flexibility index (Phi) is 2.80. The molecule has 1 rings (SSSR count). The van der Waals surface area contributed by atoms with Crippen LogP contribution in [0.5, 0.6) is 5.88 Å². The minimum atomic E-state index is 0.167. The molecule has 1 aromatic rings. The first-order chi connectivity index (χ1) is 5.77. The third-order valence-electron chi connectivity index (χ3n) is 1.12. The summed E-state index contributed by atoms with van der Waals surface area (Å²) >= 11 is 5.59. The van der Waals surface area contributed by atoms with E-state index in [1.807, 2.05) is 0 Å². The molecule has 4 nitrogen and oxygen atoms in total. The number of nitrogens with zero attached hydrogens (tertiary/aromatic N) is 2. The van der Waals surface area contributed by atoms with Gasteiger partial charge in [-0.15, -0.1) is 0 Å². The fourth-order valence-electron chi connectivity index (χ4n) is 0.630. The van der Waals surface area contributed by atoms with E-state index in [1.165, 1.54) is 13.3 Å². The van der Waals surface area contributed by atoms with Crippen molar-refractivity contribution in [2.75, 3.05) is 7.11 Å². The predicted octanol–water partition coefficient (Wildman–Crippen LogP) is 0.983. The molecule has 0 amide bonds. The summed E-state index contributed by atoms with van der Waals surface area (Å²) in [7, 11) is 1.42. The first-order valence-electron chi connectivity index (χ1n) is 3.05. The molecular formula is C7H5ClN2O2. The molecule has 62 valence electrons. The molecule has 0 aliphatic heterocycles. The van der Waals surface area contributed by atoms with Crippen LogP contribution < -0.4 is 4.74 Å². The van der Waals surface area contributed by atoms with Gasteiger partial charge in [0.25, 0.3) is 5.88 Å². The Bertz CT molecular complexity index is 334. The number of hydrogen-bond acceptors (Lipinski definition) is 4. The molecule has 1 aromatic heterocycles. The second-order valence-electron chi connectivity index (χ2n) is 1.86. The molecule has 5 heteroatoms. The maximum Gasteiger partial charge on any atom is 0.252 e. The Morgan fingerprint density at radius 1 is 1.75 bits per heavy atom. The number of aromatic nitrogens is 2. The second kappa shape index (κ2) is 3.85. The Labute approximate surface area is 73.9 Å². The molecular weight excluding hydrogens is 180 g/mol. The predicted molar refractivity (Wildman–Crippen MR) is 43.8 cm³/mol. The molecule has 1 heterocycles. The Balaban J connectivity index is 3.13. The molecule has 0 atom stereocenters. The maximum absolute atomic E-state index is 9.94. The van der Waals surface area contributed by atoms with E-state index in [-0.39, 0.29) is 11.0 Å². The minimum Gasteiger partial charge on any atom is -0.479 e. The van der Waals surface area contributed by atoms with E-state index in [1.54, 1.807) is 5.94 Å². The SMILES string of the molecule is COc1nc(C=C=O)cnc1Cl. The molecule has 0 aliphatic carbocycles. The highest BCUT2D eigenvalue weighted by molar-refractivity contribution is 6.30. The van der Waals surface area contributed by atoms with Gasteiger partial charge in [0, 0.05) is 6.08 Å². The zero-order chi connectivity index (χ0) is 8.97. The van der Waals surface area contributed by atoms with E-state index in [9.17, 15) is 4.79 Å². The van der Waals surface area contributed by atoms with Crippen LogP contribution in [0.2, 0.25) is 5.15 Å². The van der Waals surface area contributed by atoms with Gasteiger partial charge in [-0.2, -0.15) is 0 Å². The van der Waals surface area contributed by atoms with Crippen molar-refractivity contribution in [1.29, 1.82) is 0 Å². The molecule has 0 spiro atoms. The molecule has 0 aromatic carbocycles. The molecule has 0 saturated carbocycles. The van der Waals surface area contributed by atoms with Crippen molar-refractivity contribution in [1.82, 2.24) is 9.97 Å². The van der Waals surface area contributed by atoms with Crippen LogP contribution in [0.3, 0.4) is 0 Å². The summed E-state index contributed by atoms with van der Waals surface area (Å²) in [6.45, 7) is 0. The van der Waals surface area contributed by atoms with Gasteiger partial charge in [0.2, 0.25) is 0 Å². The van der Waals surface area contributed by atoms with Crippen LogP contribution in [0.25, 0.3) is 6.08 Å². The first-order valence-corrected chi connectivity index (χ1v) is 3.43. The summed E-state index contributed by atoms with van der Waals surface area (Å²) in [6, 6.07) is 0. The highest BCUT2D eigenvalue weighted by Crippen LogP contribution is 2.17. The van der Waals surface area contributed by atoms with Gasteiger partial charge in [0.15, 0.2) is 5.15 Å². The highest BCUT2D eigenvalue weighted by Gasteiger charge is 2.02. The van der Waals surface area contributed by atoms with Gasteiger partial charge in [-0.3, -0.25) is 0 Å². The third-order valence-corrected chi connectivity index (χ3v) is 1.38. The monoisotopic (exact) mass is 184 g/mol. The second-order valence-corrected chi connectivity index (χ2v) is 2.22. The van der Waals surface area contributed by atoms with E-state index in [2.05, 4.69) is 9.97 Å². The molecule has 0 saturated heterocycles. The maximum atomic E-state index is 9.94. The highest BCUT2D eigenvalue weighted by atomic mass is 35.5. The van der Waals surface area contributed by atoms with Crippen LogP contribution in [0.15, 0.2) is 6.20 Å². The van der Waals surface area contributed by atoms with Crippen LogP contribution in [-0.4, -0.2) is 23.0 Å². The molecule has 0 N–H and O–H groups in total. The summed E-state index contributed by atoms with van der Waals surface area (Å²) in [5, 5.41) is 0.167. The molecule has 0 bridgehead atoms. The third kappa shape index (κ3) is 1.81. The lowest BCUT2D eigenvalue weighted by Crippen LogP contribution is -1.93. The van der Waals surface area contributed by atoms with Gasteiger partial charge >= 0.3 is 0 Å². The fraction of sp³-hybridized carbons (Fsp3) is 0.143. The van der Waals surface area contributed by atoms with Gasteiger partial charge in [0.1, 0.15) is 5.94 Å². The van der Waals surface area contributed by atoms with E-state index >= 15 is 0 Å². The zero-order valence-electron chi connectivity index (χ0n) is 6.24. The van der Waals surface area contributed by atoms with Crippen LogP contribution in [0, 0.1) is 0 Å². The number of ether oxygens (including phenoxy) is 1. The zero-order valence-corrected chi connectivity index (χ0v) is 7.00.